The number of fused-ring (bicyclic) bond motifs is 1. The Kier molecular flexibility index (Phi) is 2.96. The number of hydrogen-bond donors (Lipinski definition) is 0. The largest absolute Gasteiger partial charge is 0.298 e. The molecule has 1 nitrogen and oxygen atoms in total. The average molecular weight is 350 g/mol. The number of benzene rings is 2. The van der Waals surface area contributed by atoms with Crippen LogP contribution < -0.4 is 0 Å². The molecule has 0 heterocycles. The summed E-state index contributed by atoms with van der Waals surface area (Å²) in [6.07, 6.45) is 14.0. The molecule has 0 radical (unpaired) electrons. The van der Waals surface area contributed by atoms with Gasteiger partial charge in [0.15, 0.2) is 5.78 Å². The van der Waals surface area contributed by atoms with Crippen molar-refractivity contribution in [2.24, 2.45) is 0 Å². The highest BCUT2D eigenvalue weighted by Gasteiger charge is 2.44. The van der Waals surface area contributed by atoms with Gasteiger partial charge in [0, 0.05) is 0 Å². The van der Waals surface area contributed by atoms with E-state index in [1.165, 1.54) is 55.3 Å². The van der Waals surface area contributed by atoms with Gasteiger partial charge in [-0.05, 0) is 82.8 Å². The summed E-state index contributed by atoms with van der Waals surface area (Å²) in [5.74, 6) is 0.167. The van der Waals surface area contributed by atoms with Crippen LogP contribution in [0.4, 0.5) is 0 Å². The van der Waals surface area contributed by atoms with Gasteiger partial charge in [0.05, 0.1) is 11.8 Å². The Bertz CT molecular complexity index is 1180. The number of hydrogen-bond acceptors (Lipinski definition) is 1. The predicted octanol–water partition coefficient (Wildman–Crippen LogP) is 5.91. The molecule has 6 rings (SSSR count). The van der Waals surface area contributed by atoms with Gasteiger partial charge in [0.25, 0.3) is 0 Å². The van der Waals surface area contributed by atoms with Crippen molar-refractivity contribution in [1.29, 1.82) is 0 Å². The van der Waals surface area contributed by atoms with Gasteiger partial charge in [-0.1, -0.05) is 54.2 Å². The first kappa shape index (κ1) is 15.4. The Labute approximate surface area is 159 Å². The first-order valence-corrected chi connectivity index (χ1v) is 9.99. The lowest BCUT2D eigenvalue weighted by atomic mass is 9.64. The van der Waals surface area contributed by atoms with Crippen molar-refractivity contribution in [3.63, 3.8) is 0 Å². The van der Waals surface area contributed by atoms with Crippen LogP contribution in [0.15, 0.2) is 65.3 Å². The highest BCUT2D eigenvalue weighted by atomic mass is 16.1. The van der Waals surface area contributed by atoms with Gasteiger partial charge in [0.1, 0.15) is 0 Å². The lowest BCUT2D eigenvalue weighted by molar-refractivity contribution is -0.120. The SMILES string of the molecule is Cc1cc(C)c2ccc3c4c2c1C(C1=CCC=C1)C(=O)C4C1=C(CC=C1)C3. The normalized spacial score (nSPS) is 24.8. The van der Waals surface area contributed by atoms with E-state index in [1.807, 2.05) is 0 Å². The van der Waals surface area contributed by atoms with Gasteiger partial charge >= 0.3 is 0 Å². The third-order valence-electron chi connectivity index (χ3n) is 6.95. The highest BCUT2D eigenvalue weighted by molar-refractivity contribution is 6.10. The molecule has 2 aromatic carbocycles. The molecule has 4 aliphatic rings. The van der Waals surface area contributed by atoms with Crippen molar-refractivity contribution in [3.8, 4) is 0 Å². The fraction of sp³-hybridized carbons (Fsp3) is 0.269. The summed E-state index contributed by atoms with van der Waals surface area (Å²) in [5, 5.41) is 2.69. The molecule has 2 aromatic rings. The maximum Gasteiger partial charge on any atom is 0.156 e. The van der Waals surface area contributed by atoms with Gasteiger partial charge in [-0.15, -0.1) is 0 Å². The molecule has 0 saturated heterocycles. The molecule has 27 heavy (non-hydrogen) atoms. The minimum Gasteiger partial charge on any atom is -0.298 e. The van der Waals surface area contributed by atoms with Crippen LogP contribution in [-0.4, -0.2) is 5.78 Å². The Morgan fingerprint density at radius 3 is 2.67 bits per heavy atom. The zero-order valence-corrected chi connectivity index (χ0v) is 15.8. The maximum absolute atomic E-state index is 14.0. The summed E-state index contributed by atoms with van der Waals surface area (Å²) < 4.78 is 0. The van der Waals surface area contributed by atoms with E-state index in [2.05, 4.69) is 62.4 Å². The standard InChI is InChI=1S/C26H22O/c1-14-12-15(2)21-23(16-6-3-4-7-16)26(27)25-20-9-5-8-17(20)13-18-10-11-19(14)24(21)22(18)25/h3,5-7,9-12,23,25H,4,8,13H2,1-2H3. The topological polar surface area (TPSA) is 17.1 Å². The van der Waals surface area contributed by atoms with Crippen LogP contribution in [0, 0.1) is 13.8 Å². The molecule has 0 amide bonds. The number of carbonyl (C=O) groups is 1. The molecule has 0 bridgehead atoms. The van der Waals surface area contributed by atoms with Crippen molar-refractivity contribution >= 4 is 16.6 Å². The van der Waals surface area contributed by atoms with Crippen LogP contribution in [-0.2, 0) is 11.2 Å². The molecular formula is C26H22O. The molecule has 0 fully saturated rings. The minimum absolute atomic E-state index is 0.0835. The Hall–Kier alpha value is -2.67. The number of aryl methyl sites for hydroxylation is 2. The van der Waals surface area contributed by atoms with Gasteiger partial charge in [0.2, 0.25) is 0 Å². The van der Waals surface area contributed by atoms with Gasteiger partial charge in [-0.3, -0.25) is 4.79 Å². The lowest BCUT2D eigenvalue weighted by Crippen LogP contribution is -2.31. The molecule has 2 atom stereocenters. The van der Waals surface area contributed by atoms with Crippen LogP contribution in [0.3, 0.4) is 0 Å². The van der Waals surface area contributed by atoms with E-state index >= 15 is 0 Å². The van der Waals surface area contributed by atoms with Gasteiger partial charge < -0.3 is 0 Å². The number of Topliss-reactive ketones (excluding diaryl/α,β-unsaturated/α-hetero) is 1. The van der Waals surface area contributed by atoms with Crippen molar-refractivity contribution in [1.82, 2.24) is 0 Å². The number of allylic oxidation sites excluding steroid dienone is 8. The summed E-state index contributed by atoms with van der Waals surface area (Å²) in [4.78, 5) is 14.0. The number of rotatable bonds is 1. The number of carbonyl (C=O) groups excluding carboxylic acids is 1. The van der Waals surface area contributed by atoms with E-state index < -0.39 is 0 Å². The summed E-state index contributed by atoms with van der Waals surface area (Å²) in [5.41, 5.74) is 10.4. The molecule has 0 N–H and O–H groups in total. The molecule has 0 aromatic heterocycles. The van der Waals surface area contributed by atoms with Gasteiger partial charge in [-0.25, -0.2) is 0 Å². The van der Waals surface area contributed by atoms with Crippen molar-refractivity contribution in [2.45, 2.75) is 44.9 Å². The van der Waals surface area contributed by atoms with Crippen LogP contribution in [0.1, 0.15) is 52.5 Å². The zero-order chi connectivity index (χ0) is 18.3. The zero-order valence-electron chi connectivity index (χ0n) is 15.8. The monoisotopic (exact) mass is 350 g/mol. The van der Waals surface area contributed by atoms with E-state index in [1.54, 1.807) is 0 Å². The third kappa shape index (κ3) is 1.87. The molecule has 2 unspecified atom stereocenters. The summed E-state index contributed by atoms with van der Waals surface area (Å²) >= 11 is 0. The van der Waals surface area contributed by atoms with Crippen LogP contribution in [0.25, 0.3) is 10.8 Å². The summed E-state index contributed by atoms with van der Waals surface area (Å²) in [6.45, 7) is 4.39. The Morgan fingerprint density at radius 2 is 1.85 bits per heavy atom. The second-order valence-corrected chi connectivity index (χ2v) is 8.44. The fourth-order valence-electron chi connectivity index (χ4n) is 5.86. The van der Waals surface area contributed by atoms with E-state index in [-0.39, 0.29) is 11.8 Å². The third-order valence-corrected chi connectivity index (χ3v) is 6.95. The van der Waals surface area contributed by atoms with Crippen LogP contribution >= 0.6 is 0 Å². The summed E-state index contributed by atoms with van der Waals surface area (Å²) in [7, 11) is 0. The van der Waals surface area contributed by atoms with E-state index in [0.29, 0.717) is 5.78 Å². The average Bonchev–Trinajstić information content (AvgIpc) is 3.33. The Balaban J connectivity index is 1.78. The smallest absolute Gasteiger partial charge is 0.156 e. The van der Waals surface area contributed by atoms with Crippen molar-refractivity contribution in [3.05, 3.63) is 93.1 Å². The second kappa shape index (κ2) is 5.19. The van der Waals surface area contributed by atoms with Crippen molar-refractivity contribution < 1.29 is 4.79 Å². The summed E-state index contributed by atoms with van der Waals surface area (Å²) in [6, 6.07) is 6.84. The maximum atomic E-state index is 14.0. The molecule has 1 heteroatoms. The second-order valence-electron chi connectivity index (χ2n) is 8.44. The van der Waals surface area contributed by atoms with E-state index in [0.717, 1.165) is 19.3 Å². The predicted molar refractivity (Wildman–Crippen MR) is 110 cm³/mol. The van der Waals surface area contributed by atoms with E-state index in [4.69, 9.17) is 0 Å². The van der Waals surface area contributed by atoms with Crippen LogP contribution in [0.2, 0.25) is 0 Å². The van der Waals surface area contributed by atoms with E-state index in [9.17, 15) is 4.79 Å². The Morgan fingerprint density at radius 1 is 0.963 bits per heavy atom. The lowest BCUT2D eigenvalue weighted by Gasteiger charge is -2.37. The molecule has 132 valence electrons. The van der Waals surface area contributed by atoms with Crippen LogP contribution in [0.5, 0.6) is 0 Å². The molecule has 0 saturated carbocycles. The highest BCUT2D eigenvalue weighted by Crippen LogP contribution is 2.53. The quantitative estimate of drug-likeness (QED) is 0.625. The molecule has 0 aliphatic heterocycles. The van der Waals surface area contributed by atoms with Crippen molar-refractivity contribution in [2.75, 3.05) is 0 Å². The fourth-order valence-corrected chi connectivity index (χ4v) is 5.86. The molecular weight excluding hydrogens is 328 g/mol. The molecule has 0 spiro atoms. The minimum atomic E-state index is -0.125. The van der Waals surface area contributed by atoms with Gasteiger partial charge in [-0.2, -0.15) is 0 Å². The first-order valence-electron chi connectivity index (χ1n) is 9.99. The number of ketones is 1. The molecule has 4 aliphatic carbocycles. The first-order chi connectivity index (χ1) is 13.1.